The number of carbonyl (C=O) groups excluding carboxylic acids is 2. The number of aromatic nitrogens is 3. The zero-order valence-electron chi connectivity index (χ0n) is 16.8. The smallest absolute Gasteiger partial charge is 0.251 e. The summed E-state index contributed by atoms with van der Waals surface area (Å²) in [4.78, 5) is 24.8. The van der Waals surface area contributed by atoms with E-state index in [0.717, 1.165) is 0 Å². The summed E-state index contributed by atoms with van der Waals surface area (Å²) in [5.41, 5.74) is 0.847. The minimum Gasteiger partial charge on any atom is -0.342 e. The number of thioether (sulfide) groups is 1. The van der Waals surface area contributed by atoms with Gasteiger partial charge in [0.1, 0.15) is 0 Å². The number of benzene rings is 2. The maximum absolute atomic E-state index is 12.5. The Morgan fingerprint density at radius 3 is 2.47 bits per heavy atom. The van der Waals surface area contributed by atoms with Crippen LogP contribution in [0.4, 0.5) is 5.69 Å². The Bertz CT molecular complexity index is 1170. The Kier molecular flexibility index (Phi) is 8.30. The van der Waals surface area contributed by atoms with Gasteiger partial charge in [-0.05, 0) is 43.3 Å². The molecule has 3 aromatic rings. The van der Waals surface area contributed by atoms with E-state index in [4.69, 9.17) is 46.4 Å². The van der Waals surface area contributed by atoms with Crippen molar-refractivity contribution < 1.29 is 9.59 Å². The number of carbonyl (C=O) groups is 2. The van der Waals surface area contributed by atoms with Gasteiger partial charge in [-0.15, -0.1) is 10.2 Å². The van der Waals surface area contributed by atoms with Crippen LogP contribution in [0.25, 0.3) is 0 Å². The molecule has 7 nitrogen and oxygen atoms in total. The van der Waals surface area contributed by atoms with Gasteiger partial charge in [-0.2, -0.15) is 0 Å². The lowest BCUT2D eigenvalue weighted by Crippen LogP contribution is -2.28. The van der Waals surface area contributed by atoms with Crippen LogP contribution in [-0.2, 0) is 11.8 Å². The molecular weight excluding hydrogens is 516 g/mol. The van der Waals surface area contributed by atoms with Crippen molar-refractivity contribution in [3.05, 3.63) is 67.9 Å². The van der Waals surface area contributed by atoms with Crippen molar-refractivity contribution in [2.45, 2.75) is 18.1 Å². The molecule has 2 N–H and O–H groups in total. The van der Waals surface area contributed by atoms with Gasteiger partial charge >= 0.3 is 0 Å². The molecule has 0 unspecified atom stereocenters. The normalized spacial score (nSPS) is 11.8. The molecule has 12 heteroatoms. The van der Waals surface area contributed by atoms with E-state index >= 15 is 0 Å². The van der Waals surface area contributed by atoms with Gasteiger partial charge in [0.25, 0.3) is 5.91 Å². The summed E-state index contributed by atoms with van der Waals surface area (Å²) in [7, 11) is 1.76. The number of rotatable bonds is 7. The standard InChI is InChI=1S/C20H17Cl4N5O2S/c1-10(25-19(31)11-3-5-13(22)14(23)7-11)18-27-28-20(29(18)2)32-9-17(30)26-16-6-4-12(21)8-15(16)24/h3-8,10H,9H2,1-2H3,(H,25,31)(H,26,30)/t10-/m1/s1. The van der Waals surface area contributed by atoms with Crippen LogP contribution in [0.5, 0.6) is 0 Å². The number of nitrogens with zero attached hydrogens (tertiary/aromatic N) is 3. The molecule has 0 aliphatic carbocycles. The number of nitrogens with one attached hydrogen (secondary N) is 2. The highest BCUT2D eigenvalue weighted by Crippen LogP contribution is 2.26. The highest BCUT2D eigenvalue weighted by Gasteiger charge is 2.19. The van der Waals surface area contributed by atoms with Crippen LogP contribution in [0.3, 0.4) is 0 Å². The Hall–Kier alpha value is -1.97. The molecule has 1 heterocycles. The first-order valence-corrected chi connectivity index (χ1v) is 11.7. The predicted octanol–water partition coefficient (Wildman–Crippen LogP) is 5.65. The molecule has 32 heavy (non-hydrogen) atoms. The molecule has 168 valence electrons. The minimum atomic E-state index is -0.439. The van der Waals surface area contributed by atoms with Gasteiger partial charge in [-0.1, -0.05) is 58.2 Å². The lowest BCUT2D eigenvalue weighted by Gasteiger charge is -2.14. The highest BCUT2D eigenvalue weighted by atomic mass is 35.5. The molecule has 2 aromatic carbocycles. The van der Waals surface area contributed by atoms with Gasteiger partial charge in [0.15, 0.2) is 11.0 Å². The summed E-state index contributed by atoms with van der Waals surface area (Å²) in [6.45, 7) is 1.78. The SMILES string of the molecule is C[C@@H](NC(=O)c1ccc(Cl)c(Cl)c1)c1nnc(SCC(=O)Nc2ccc(Cl)cc2Cl)n1C. The van der Waals surface area contributed by atoms with Crippen LogP contribution < -0.4 is 10.6 Å². The monoisotopic (exact) mass is 531 g/mol. The first-order valence-electron chi connectivity index (χ1n) is 9.18. The fourth-order valence-corrected chi connectivity index (χ4v) is 4.19. The molecule has 0 radical (unpaired) electrons. The summed E-state index contributed by atoms with van der Waals surface area (Å²) in [6, 6.07) is 9.02. The Morgan fingerprint density at radius 2 is 1.78 bits per heavy atom. The number of anilines is 1. The summed E-state index contributed by atoms with van der Waals surface area (Å²) < 4.78 is 1.72. The molecule has 2 amide bonds. The molecule has 0 spiro atoms. The molecule has 3 rings (SSSR count). The lowest BCUT2D eigenvalue weighted by atomic mass is 10.2. The molecule has 0 saturated carbocycles. The first-order chi connectivity index (χ1) is 15.2. The Balaban J connectivity index is 1.59. The van der Waals surface area contributed by atoms with Crippen molar-refractivity contribution >= 4 is 75.7 Å². The fourth-order valence-electron chi connectivity index (χ4n) is 2.72. The van der Waals surface area contributed by atoms with Gasteiger partial charge in [0.05, 0.1) is 32.5 Å². The van der Waals surface area contributed by atoms with E-state index < -0.39 is 6.04 Å². The molecule has 1 atom stereocenters. The van der Waals surface area contributed by atoms with Crippen LogP contribution in [-0.4, -0.2) is 32.3 Å². The zero-order chi connectivity index (χ0) is 23.4. The summed E-state index contributed by atoms with van der Waals surface area (Å²) >= 11 is 25.0. The molecule has 0 saturated heterocycles. The largest absolute Gasteiger partial charge is 0.342 e. The quantitative estimate of drug-likeness (QED) is 0.384. The van der Waals surface area contributed by atoms with Crippen LogP contribution in [0, 0.1) is 0 Å². The molecule has 0 fully saturated rings. The van der Waals surface area contributed by atoms with Crippen LogP contribution in [0.15, 0.2) is 41.6 Å². The van der Waals surface area contributed by atoms with E-state index in [1.54, 1.807) is 48.9 Å². The number of amides is 2. The van der Waals surface area contributed by atoms with Gasteiger partial charge < -0.3 is 15.2 Å². The molecule has 0 bridgehead atoms. The summed E-state index contributed by atoms with van der Waals surface area (Å²) in [6.07, 6.45) is 0. The molecule has 1 aromatic heterocycles. The maximum atomic E-state index is 12.5. The number of hydrogen-bond donors (Lipinski definition) is 2. The Labute approximate surface area is 208 Å². The van der Waals surface area contributed by atoms with E-state index in [-0.39, 0.29) is 17.6 Å². The van der Waals surface area contributed by atoms with Crippen molar-refractivity contribution in [3.8, 4) is 0 Å². The van der Waals surface area contributed by atoms with Crippen molar-refractivity contribution in [3.63, 3.8) is 0 Å². The van der Waals surface area contributed by atoms with E-state index in [2.05, 4.69) is 20.8 Å². The predicted molar refractivity (Wildman–Crippen MR) is 129 cm³/mol. The zero-order valence-corrected chi connectivity index (χ0v) is 20.7. The van der Waals surface area contributed by atoms with Crippen LogP contribution in [0.1, 0.15) is 29.1 Å². The lowest BCUT2D eigenvalue weighted by molar-refractivity contribution is -0.113. The number of halogens is 4. The van der Waals surface area contributed by atoms with Crippen molar-refractivity contribution in [1.82, 2.24) is 20.1 Å². The molecule has 0 aliphatic heterocycles. The third-order valence-electron chi connectivity index (χ3n) is 4.32. The third kappa shape index (κ3) is 6.08. The van der Waals surface area contributed by atoms with E-state index in [9.17, 15) is 9.59 Å². The average molecular weight is 533 g/mol. The topological polar surface area (TPSA) is 88.9 Å². The van der Waals surface area contributed by atoms with Gasteiger partial charge in [0.2, 0.25) is 5.91 Å². The highest BCUT2D eigenvalue weighted by molar-refractivity contribution is 7.99. The third-order valence-corrected chi connectivity index (χ3v) is 6.63. The molecular formula is C20H17Cl4N5O2S. The van der Waals surface area contributed by atoms with E-state index in [0.29, 0.717) is 42.3 Å². The van der Waals surface area contributed by atoms with Gasteiger partial charge in [-0.3, -0.25) is 9.59 Å². The van der Waals surface area contributed by atoms with E-state index in [1.165, 1.54) is 17.8 Å². The molecule has 0 aliphatic rings. The second-order valence-corrected chi connectivity index (χ2v) is 9.29. The summed E-state index contributed by atoms with van der Waals surface area (Å²) in [5, 5.41) is 15.8. The first kappa shape index (κ1) is 24.7. The average Bonchev–Trinajstić information content (AvgIpc) is 3.11. The minimum absolute atomic E-state index is 0.0922. The van der Waals surface area contributed by atoms with Crippen LogP contribution in [0.2, 0.25) is 20.1 Å². The van der Waals surface area contributed by atoms with Crippen molar-refractivity contribution in [1.29, 1.82) is 0 Å². The van der Waals surface area contributed by atoms with Gasteiger partial charge in [0, 0.05) is 17.6 Å². The van der Waals surface area contributed by atoms with Crippen molar-refractivity contribution in [2.24, 2.45) is 7.05 Å². The second kappa shape index (κ2) is 10.8. The van der Waals surface area contributed by atoms with Gasteiger partial charge in [-0.25, -0.2) is 0 Å². The van der Waals surface area contributed by atoms with E-state index in [1.807, 2.05) is 0 Å². The second-order valence-electron chi connectivity index (χ2n) is 6.68. The number of hydrogen-bond acceptors (Lipinski definition) is 5. The summed E-state index contributed by atoms with van der Waals surface area (Å²) in [5.74, 6) is 0.0360. The van der Waals surface area contributed by atoms with Crippen LogP contribution >= 0.6 is 58.2 Å². The maximum Gasteiger partial charge on any atom is 0.251 e. The van der Waals surface area contributed by atoms with Crippen molar-refractivity contribution in [2.75, 3.05) is 11.1 Å². The fraction of sp³-hybridized carbons (Fsp3) is 0.200. The Morgan fingerprint density at radius 1 is 1.03 bits per heavy atom.